The summed E-state index contributed by atoms with van der Waals surface area (Å²) in [6.07, 6.45) is 1.74. The number of benzene rings is 3. The van der Waals surface area contributed by atoms with Crippen LogP contribution in [0.15, 0.2) is 82.2 Å². The van der Waals surface area contributed by atoms with E-state index in [4.69, 9.17) is 4.74 Å². The van der Waals surface area contributed by atoms with Gasteiger partial charge in [0, 0.05) is 8.04 Å². The number of thioether (sulfide) groups is 1. The fourth-order valence-corrected chi connectivity index (χ4v) is 4.46. The predicted molar refractivity (Wildman–Crippen MR) is 136 cm³/mol. The monoisotopic (exact) mass is 605 g/mol. The van der Waals surface area contributed by atoms with E-state index >= 15 is 0 Å². The van der Waals surface area contributed by atoms with Crippen LogP contribution in [0.5, 0.6) is 5.75 Å². The maximum absolute atomic E-state index is 12.8. The minimum Gasteiger partial charge on any atom is -0.489 e. The molecule has 7 heteroatoms. The Morgan fingerprint density at radius 2 is 1.68 bits per heavy atom. The van der Waals surface area contributed by atoms with Gasteiger partial charge < -0.3 is 4.74 Å². The molecule has 1 fully saturated rings. The topological polar surface area (TPSA) is 46.6 Å². The molecule has 3 aromatic rings. The number of hydrogen-bond donors (Lipinski definition) is 0. The van der Waals surface area contributed by atoms with Crippen LogP contribution in [-0.2, 0) is 17.9 Å². The van der Waals surface area contributed by atoms with E-state index in [0.29, 0.717) is 17.3 Å². The molecule has 156 valence electrons. The maximum atomic E-state index is 12.8. The molecule has 0 bridgehead atoms. The van der Waals surface area contributed by atoms with Crippen molar-refractivity contribution in [2.45, 2.75) is 13.2 Å². The fourth-order valence-electron chi connectivity index (χ4n) is 3.00. The van der Waals surface area contributed by atoms with Gasteiger partial charge in [-0.25, -0.2) is 0 Å². The van der Waals surface area contributed by atoms with Crippen LogP contribution in [0.4, 0.5) is 4.79 Å². The third-order valence-corrected chi connectivity index (χ3v) is 6.76. The molecule has 0 saturated carbocycles. The SMILES string of the molecule is O=C1S/C(=C\c2cccc(OCc3ccc(Br)cc3)c2)C(=O)N1Cc1ccc(I)cc1. The van der Waals surface area contributed by atoms with Crippen molar-refractivity contribution < 1.29 is 14.3 Å². The third kappa shape index (κ3) is 5.78. The van der Waals surface area contributed by atoms with Crippen molar-refractivity contribution in [1.29, 1.82) is 0 Å². The molecule has 31 heavy (non-hydrogen) atoms. The highest BCUT2D eigenvalue weighted by molar-refractivity contribution is 14.1. The fraction of sp³-hybridized carbons (Fsp3) is 0.0833. The van der Waals surface area contributed by atoms with Gasteiger partial charge in [0.2, 0.25) is 0 Å². The predicted octanol–water partition coefficient (Wildman–Crippen LogP) is 6.87. The molecule has 2 amide bonds. The Balaban J connectivity index is 1.44. The third-order valence-electron chi connectivity index (χ3n) is 4.60. The lowest BCUT2D eigenvalue weighted by atomic mass is 10.2. The summed E-state index contributed by atoms with van der Waals surface area (Å²) < 4.78 is 8.01. The minimum atomic E-state index is -0.269. The molecule has 4 nitrogen and oxygen atoms in total. The Hall–Kier alpha value is -2.10. The Morgan fingerprint density at radius 1 is 0.968 bits per heavy atom. The van der Waals surface area contributed by atoms with E-state index in [1.807, 2.05) is 72.8 Å². The lowest BCUT2D eigenvalue weighted by molar-refractivity contribution is -0.123. The first-order valence-corrected chi connectivity index (χ1v) is 12.1. The molecule has 0 aliphatic carbocycles. The second-order valence-electron chi connectivity index (χ2n) is 6.88. The molecule has 0 N–H and O–H groups in total. The van der Waals surface area contributed by atoms with Crippen LogP contribution in [0.2, 0.25) is 0 Å². The van der Waals surface area contributed by atoms with Gasteiger partial charge in [0.25, 0.3) is 11.1 Å². The minimum absolute atomic E-state index is 0.252. The Labute approximate surface area is 206 Å². The maximum Gasteiger partial charge on any atom is 0.293 e. The Kier molecular flexibility index (Phi) is 7.14. The molecule has 1 saturated heterocycles. The zero-order valence-corrected chi connectivity index (χ0v) is 20.8. The second-order valence-corrected chi connectivity index (χ2v) is 10.0. The number of rotatable bonds is 6. The zero-order chi connectivity index (χ0) is 21.8. The average molecular weight is 606 g/mol. The standard InChI is InChI=1S/C24H17BrINO3S/c25-19-8-4-17(5-9-19)15-30-21-3-1-2-18(12-21)13-22-23(28)27(24(29)31-22)14-16-6-10-20(26)11-7-16/h1-13H,14-15H2/b22-13-. The first kappa shape index (κ1) is 22.1. The average Bonchev–Trinajstić information content (AvgIpc) is 3.02. The molecular formula is C24H17BrINO3S. The van der Waals surface area contributed by atoms with Crippen LogP contribution in [0, 0.1) is 3.57 Å². The van der Waals surface area contributed by atoms with Gasteiger partial charge in [-0.3, -0.25) is 14.5 Å². The molecule has 1 aliphatic heterocycles. The Morgan fingerprint density at radius 3 is 2.42 bits per heavy atom. The molecule has 0 unspecified atom stereocenters. The quantitative estimate of drug-likeness (QED) is 0.227. The van der Waals surface area contributed by atoms with Gasteiger partial charge in [-0.2, -0.15) is 0 Å². The van der Waals surface area contributed by atoms with Gasteiger partial charge in [-0.05, 0) is 93.5 Å². The van der Waals surface area contributed by atoms with Crippen molar-refractivity contribution in [3.8, 4) is 5.75 Å². The van der Waals surface area contributed by atoms with E-state index < -0.39 is 0 Å². The summed E-state index contributed by atoms with van der Waals surface area (Å²) in [5.41, 5.74) is 2.80. The summed E-state index contributed by atoms with van der Waals surface area (Å²) in [5.74, 6) is 0.435. The second kappa shape index (κ2) is 10.0. The van der Waals surface area contributed by atoms with Crippen LogP contribution in [-0.4, -0.2) is 16.0 Å². The van der Waals surface area contributed by atoms with Gasteiger partial charge in [0.05, 0.1) is 11.4 Å². The first-order chi connectivity index (χ1) is 15.0. The van der Waals surface area contributed by atoms with E-state index in [2.05, 4.69) is 38.5 Å². The number of imide groups is 1. The summed E-state index contributed by atoms with van der Waals surface area (Å²) in [7, 11) is 0. The number of hydrogen-bond acceptors (Lipinski definition) is 4. The highest BCUT2D eigenvalue weighted by Crippen LogP contribution is 2.33. The lowest BCUT2D eigenvalue weighted by Crippen LogP contribution is -2.27. The van der Waals surface area contributed by atoms with E-state index in [-0.39, 0.29) is 17.7 Å². The van der Waals surface area contributed by atoms with E-state index in [9.17, 15) is 9.59 Å². The highest BCUT2D eigenvalue weighted by atomic mass is 127. The molecule has 0 atom stereocenters. The van der Waals surface area contributed by atoms with Gasteiger partial charge in [-0.15, -0.1) is 0 Å². The van der Waals surface area contributed by atoms with Crippen LogP contribution in [0.25, 0.3) is 6.08 Å². The van der Waals surface area contributed by atoms with Crippen molar-refractivity contribution in [2.75, 3.05) is 0 Å². The smallest absolute Gasteiger partial charge is 0.293 e. The molecule has 1 aliphatic rings. The molecule has 3 aromatic carbocycles. The van der Waals surface area contributed by atoms with Crippen molar-refractivity contribution >= 4 is 67.5 Å². The number of amides is 2. The number of ether oxygens (including phenoxy) is 1. The van der Waals surface area contributed by atoms with E-state index in [1.165, 1.54) is 4.90 Å². The van der Waals surface area contributed by atoms with Crippen LogP contribution < -0.4 is 4.74 Å². The van der Waals surface area contributed by atoms with Gasteiger partial charge in [0.1, 0.15) is 12.4 Å². The van der Waals surface area contributed by atoms with Crippen LogP contribution >= 0.6 is 50.3 Å². The van der Waals surface area contributed by atoms with E-state index in [1.54, 1.807) is 6.08 Å². The normalized spacial score (nSPS) is 15.0. The van der Waals surface area contributed by atoms with Crippen LogP contribution in [0.1, 0.15) is 16.7 Å². The largest absolute Gasteiger partial charge is 0.489 e. The molecular weight excluding hydrogens is 589 g/mol. The summed E-state index contributed by atoms with van der Waals surface area (Å²) in [4.78, 5) is 26.9. The van der Waals surface area contributed by atoms with Crippen molar-refractivity contribution in [1.82, 2.24) is 4.90 Å². The first-order valence-electron chi connectivity index (χ1n) is 9.45. The lowest BCUT2D eigenvalue weighted by Gasteiger charge is -2.12. The number of carbonyl (C=O) groups excluding carboxylic acids is 2. The van der Waals surface area contributed by atoms with Crippen LogP contribution in [0.3, 0.4) is 0 Å². The van der Waals surface area contributed by atoms with Crippen molar-refractivity contribution in [3.05, 3.63) is 102 Å². The summed E-state index contributed by atoms with van der Waals surface area (Å²) in [6, 6.07) is 23.2. The number of nitrogens with zero attached hydrogens (tertiary/aromatic N) is 1. The summed E-state index contributed by atoms with van der Waals surface area (Å²) >= 11 is 6.62. The summed E-state index contributed by atoms with van der Waals surface area (Å²) in [6.45, 7) is 0.721. The van der Waals surface area contributed by atoms with Crippen molar-refractivity contribution in [3.63, 3.8) is 0 Å². The Bertz CT molecular complexity index is 1150. The number of carbonyl (C=O) groups is 2. The van der Waals surface area contributed by atoms with Gasteiger partial charge in [-0.1, -0.05) is 52.3 Å². The van der Waals surface area contributed by atoms with Gasteiger partial charge in [0.15, 0.2) is 0 Å². The molecule has 1 heterocycles. The number of halogens is 2. The molecule has 0 radical (unpaired) electrons. The molecule has 4 rings (SSSR count). The zero-order valence-electron chi connectivity index (χ0n) is 16.3. The summed E-state index contributed by atoms with van der Waals surface area (Å²) in [5, 5.41) is -0.252. The molecule has 0 aromatic heterocycles. The van der Waals surface area contributed by atoms with E-state index in [0.717, 1.165) is 36.5 Å². The molecule has 0 spiro atoms. The van der Waals surface area contributed by atoms with Gasteiger partial charge >= 0.3 is 0 Å². The highest BCUT2D eigenvalue weighted by Gasteiger charge is 2.34. The van der Waals surface area contributed by atoms with Crippen molar-refractivity contribution in [2.24, 2.45) is 0 Å².